The minimum Gasteiger partial charge on any atom is -0.352 e. The summed E-state index contributed by atoms with van der Waals surface area (Å²) in [6.07, 6.45) is 3.63. The van der Waals surface area contributed by atoms with Crippen LogP contribution in [-0.2, 0) is 10.5 Å². The van der Waals surface area contributed by atoms with Crippen LogP contribution in [0.1, 0.15) is 26.3 Å². The molecule has 2 aromatic rings. The summed E-state index contributed by atoms with van der Waals surface area (Å²) in [6.45, 7) is 8.98. The normalized spacial score (nSPS) is 15.2. The Bertz CT molecular complexity index is 737. The second-order valence-corrected chi connectivity index (χ2v) is 8.51. The van der Waals surface area contributed by atoms with Crippen molar-refractivity contribution in [3.05, 3.63) is 48.3 Å². The van der Waals surface area contributed by atoms with Crippen LogP contribution in [0.15, 0.2) is 47.8 Å². The molecule has 2 heterocycles. The number of hydrogen-bond donors (Lipinski definition) is 0. The third-order valence-corrected chi connectivity index (χ3v) is 5.33. The molecule has 0 N–H and O–H groups in total. The van der Waals surface area contributed by atoms with Crippen LogP contribution < -0.4 is 4.90 Å². The van der Waals surface area contributed by atoms with Crippen LogP contribution in [0.5, 0.6) is 0 Å². The van der Waals surface area contributed by atoms with E-state index < -0.39 is 0 Å². The Morgan fingerprint density at radius 3 is 2.42 bits per heavy atom. The molecule has 138 valence electrons. The number of hydrogen-bond acceptors (Lipinski definition) is 5. The van der Waals surface area contributed by atoms with Crippen molar-refractivity contribution < 1.29 is 4.79 Å². The van der Waals surface area contributed by atoms with E-state index in [1.165, 1.54) is 5.56 Å². The van der Waals surface area contributed by atoms with Crippen LogP contribution in [-0.4, -0.2) is 47.0 Å². The summed E-state index contributed by atoms with van der Waals surface area (Å²) < 4.78 is 0. The van der Waals surface area contributed by atoms with Gasteiger partial charge in [0.15, 0.2) is 0 Å². The van der Waals surface area contributed by atoms with Gasteiger partial charge in [-0.25, -0.2) is 4.98 Å². The van der Waals surface area contributed by atoms with Gasteiger partial charge in [-0.1, -0.05) is 51.1 Å². The first-order valence-electron chi connectivity index (χ1n) is 8.96. The Balaban J connectivity index is 1.58. The van der Waals surface area contributed by atoms with Crippen molar-refractivity contribution >= 4 is 23.5 Å². The van der Waals surface area contributed by atoms with E-state index in [-0.39, 0.29) is 11.3 Å². The lowest BCUT2D eigenvalue weighted by Crippen LogP contribution is -2.51. The highest BCUT2D eigenvalue weighted by molar-refractivity contribution is 7.98. The van der Waals surface area contributed by atoms with Crippen LogP contribution in [0.4, 0.5) is 5.82 Å². The maximum absolute atomic E-state index is 12.4. The van der Waals surface area contributed by atoms with Crippen molar-refractivity contribution in [3.8, 4) is 0 Å². The molecule has 0 radical (unpaired) electrons. The molecule has 1 fully saturated rings. The number of piperazine rings is 1. The molecule has 1 aliphatic heterocycles. The molecule has 0 aliphatic carbocycles. The van der Waals surface area contributed by atoms with Gasteiger partial charge >= 0.3 is 0 Å². The van der Waals surface area contributed by atoms with Gasteiger partial charge in [0.2, 0.25) is 5.91 Å². The zero-order chi connectivity index (χ0) is 18.6. The van der Waals surface area contributed by atoms with Gasteiger partial charge in [-0.3, -0.25) is 9.78 Å². The van der Waals surface area contributed by atoms with Crippen molar-refractivity contribution in [2.24, 2.45) is 5.41 Å². The third-order valence-electron chi connectivity index (χ3n) is 4.36. The van der Waals surface area contributed by atoms with E-state index in [1.807, 2.05) is 44.1 Å². The standard InChI is InChI=1S/C20H26N4OS/c1-20(2,3)19(25)24-11-9-23(10-12-24)17-13-21-14-18(22-17)26-15-16-7-5-4-6-8-16/h4-8,13-14H,9-12,15H2,1-3H3. The second kappa shape index (κ2) is 8.08. The van der Waals surface area contributed by atoms with Crippen LogP contribution in [0.25, 0.3) is 0 Å². The van der Waals surface area contributed by atoms with Crippen molar-refractivity contribution in [1.82, 2.24) is 14.9 Å². The molecular weight excluding hydrogens is 344 g/mol. The fourth-order valence-corrected chi connectivity index (χ4v) is 3.71. The van der Waals surface area contributed by atoms with Crippen molar-refractivity contribution in [2.45, 2.75) is 31.6 Å². The topological polar surface area (TPSA) is 49.3 Å². The smallest absolute Gasteiger partial charge is 0.228 e. The van der Waals surface area contributed by atoms with E-state index in [0.29, 0.717) is 0 Å². The van der Waals surface area contributed by atoms with Gasteiger partial charge in [0.25, 0.3) is 0 Å². The first-order valence-corrected chi connectivity index (χ1v) is 9.95. The summed E-state index contributed by atoms with van der Waals surface area (Å²) in [4.78, 5) is 25.7. The lowest BCUT2D eigenvalue weighted by Gasteiger charge is -2.38. The number of rotatable bonds is 4. The van der Waals surface area contributed by atoms with Gasteiger partial charge < -0.3 is 9.80 Å². The molecule has 0 saturated carbocycles. The molecule has 0 unspecified atom stereocenters. The Morgan fingerprint density at radius 1 is 1.08 bits per heavy atom. The third kappa shape index (κ3) is 4.75. The monoisotopic (exact) mass is 370 g/mol. The Morgan fingerprint density at radius 2 is 1.77 bits per heavy atom. The predicted octanol–water partition coefficient (Wildman–Crippen LogP) is 3.46. The van der Waals surface area contributed by atoms with E-state index >= 15 is 0 Å². The Labute approximate surface area is 159 Å². The molecule has 26 heavy (non-hydrogen) atoms. The highest BCUT2D eigenvalue weighted by atomic mass is 32.2. The highest BCUT2D eigenvalue weighted by Gasteiger charge is 2.30. The van der Waals surface area contributed by atoms with Crippen molar-refractivity contribution in [3.63, 3.8) is 0 Å². The van der Waals surface area contributed by atoms with Gasteiger partial charge in [0, 0.05) is 37.3 Å². The maximum atomic E-state index is 12.4. The zero-order valence-corrected chi connectivity index (χ0v) is 16.5. The van der Waals surface area contributed by atoms with Crippen LogP contribution in [0.3, 0.4) is 0 Å². The predicted molar refractivity (Wildman–Crippen MR) is 106 cm³/mol. The molecular formula is C20H26N4OS. The number of nitrogens with zero attached hydrogens (tertiary/aromatic N) is 4. The van der Waals surface area contributed by atoms with E-state index in [9.17, 15) is 4.79 Å². The minimum absolute atomic E-state index is 0.218. The van der Waals surface area contributed by atoms with Gasteiger partial charge in [0.1, 0.15) is 10.8 Å². The first-order chi connectivity index (χ1) is 12.4. The molecule has 0 bridgehead atoms. The van der Waals surface area contributed by atoms with Crippen LogP contribution >= 0.6 is 11.8 Å². The summed E-state index contributed by atoms with van der Waals surface area (Å²) in [7, 11) is 0. The van der Waals surface area contributed by atoms with Crippen molar-refractivity contribution in [2.75, 3.05) is 31.1 Å². The molecule has 1 saturated heterocycles. The summed E-state index contributed by atoms with van der Waals surface area (Å²) in [5.41, 5.74) is 0.953. The number of anilines is 1. The van der Waals surface area contributed by atoms with Crippen molar-refractivity contribution in [1.29, 1.82) is 0 Å². The van der Waals surface area contributed by atoms with E-state index in [1.54, 1.807) is 11.8 Å². The SMILES string of the molecule is CC(C)(C)C(=O)N1CCN(c2cncc(SCc3ccccc3)n2)CC1. The summed E-state index contributed by atoms with van der Waals surface area (Å²) >= 11 is 1.70. The summed E-state index contributed by atoms with van der Waals surface area (Å²) in [6, 6.07) is 10.4. The van der Waals surface area contributed by atoms with Gasteiger partial charge in [-0.2, -0.15) is 0 Å². The number of thioether (sulfide) groups is 1. The summed E-state index contributed by atoms with van der Waals surface area (Å²) in [5.74, 6) is 1.99. The molecule has 1 aromatic heterocycles. The lowest BCUT2D eigenvalue weighted by atomic mass is 9.94. The quantitative estimate of drug-likeness (QED) is 0.772. The minimum atomic E-state index is -0.323. The molecule has 3 rings (SSSR count). The molecule has 0 spiro atoms. The number of carbonyl (C=O) groups is 1. The highest BCUT2D eigenvalue weighted by Crippen LogP contribution is 2.24. The number of benzene rings is 1. The fourth-order valence-electron chi connectivity index (χ4n) is 2.90. The maximum Gasteiger partial charge on any atom is 0.228 e. The van der Waals surface area contributed by atoms with Gasteiger partial charge in [0.05, 0.1) is 12.4 Å². The van der Waals surface area contributed by atoms with E-state index in [2.05, 4.69) is 34.1 Å². The number of carbonyl (C=O) groups excluding carboxylic acids is 1. The Hall–Kier alpha value is -2.08. The van der Waals surface area contributed by atoms with Gasteiger partial charge in [-0.15, -0.1) is 11.8 Å². The first kappa shape index (κ1) is 18.7. The molecule has 1 amide bonds. The summed E-state index contributed by atoms with van der Waals surface area (Å²) in [5, 5.41) is 0.930. The lowest BCUT2D eigenvalue weighted by molar-refractivity contribution is -0.139. The fraction of sp³-hybridized carbons (Fsp3) is 0.450. The van der Waals surface area contributed by atoms with E-state index in [4.69, 9.17) is 4.98 Å². The molecule has 5 nitrogen and oxygen atoms in total. The Kier molecular flexibility index (Phi) is 5.81. The van der Waals surface area contributed by atoms with Crippen LogP contribution in [0, 0.1) is 5.41 Å². The second-order valence-electron chi connectivity index (χ2n) is 7.52. The molecule has 0 atom stereocenters. The molecule has 1 aliphatic rings. The molecule has 1 aromatic carbocycles. The van der Waals surface area contributed by atoms with Gasteiger partial charge in [-0.05, 0) is 5.56 Å². The zero-order valence-electron chi connectivity index (χ0n) is 15.7. The largest absolute Gasteiger partial charge is 0.352 e. The molecule has 6 heteroatoms. The van der Waals surface area contributed by atoms with E-state index in [0.717, 1.165) is 42.8 Å². The average Bonchev–Trinajstić information content (AvgIpc) is 2.66. The number of aromatic nitrogens is 2. The average molecular weight is 371 g/mol. The van der Waals surface area contributed by atoms with Crippen LogP contribution in [0.2, 0.25) is 0 Å². The number of amides is 1.